The van der Waals surface area contributed by atoms with Gasteiger partial charge < -0.3 is 20.1 Å². The van der Waals surface area contributed by atoms with E-state index in [0.717, 1.165) is 11.0 Å². The molecule has 1 aliphatic heterocycles. The Hall–Kier alpha value is -3.33. The third-order valence-electron chi connectivity index (χ3n) is 4.31. The van der Waals surface area contributed by atoms with Crippen LogP contribution in [0.4, 0.5) is 20.6 Å². The molecular formula is C19H17ClFN3O5. The topological polar surface area (TPSA) is 97.0 Å². The molecule has 0 radical (unpaired) electrons. The minimum atomic E-state index is -1.21. The summed E-state index contributed by atoms with van der Waals surface area (Å²) in [6, 6.07) is 7.53. The summed E-state index contributed by atoms with van der Waals surface area (Å²) in [7, 11) is 2.87. The summed E-state index contributed by atoms with van der Waals surface area (Å²) in [6.07, 6.45) is 0. The summed E-state index contributed by atoms with van der Waals surface area (Å²) in [4.78, 5) is 38.6. The lowest BCUT2D eigenvalue weighted by molar-refractivity contribution is -0.130. The Morgan fingerprint density at radius 2 is 1.90 bits per heavy atom. The first-order valence-electron chi connectivity index (χ1n) is 8.45. The highest BCUT2D eigenvalue weighted by atomic mass is 35.5. The van der Waals surface area contributed by atoms with E-state index in [4.69, 9.17) is 21.1 Å². The molecule has 3 rings (SSSR count). The van der Waals surface area contributed by atoms with Gasteiger partial charge in [0, 0.05) is 18.3 Å². The van der Waals surface area contributed by atoms with Crippen LogP contribution >= 0.6 is 11.6 Å². The summed E-state index contributed by atoms with van der Waals surface area (Å²) in [6.45, 7) is -0.191. The lowest BCUT2D eigenvalue weighted by atomic mass is 10.0. The van der Waals surface area contributed by atoms with Crippen molar-refractivity contribution in [2.45, 2.75) is 0 Å². The number of amides is 4. The van der Waals surface area contributed by atoms with Crippen LogP contribution in [0, 0.1) is 11.7 Å². The molecular weight excluding hydrogens is 405 g/mol. The molecule has 152 valence electrons. The standard InChI is InChI=1S/C19H17ClFN3O5/c1-28-15-6-4-11(8-16(15)29-2)24-18(26)12(9-22-19(24)27)17(25)23-10-3-5-13(20)14(21)7-10/h3-8,12H,9H2,1-2H3,(H,22,27)(H,23,25). The first-order valence-corrected chi connectivity index (χ1v) is 8.83. The minimum Gasteiger partial charge on any atom is -0.493 e. The molecule has 0 aliphatic carbocycles. The largest absolute Gasteiger partial charge is 0.493 e. The van der Waals surface area contributed by atoms with E-state index in [2.05, 4.69) is 10.6 Å². The molecule has 29 heavy (non-hydrogen) atoms. The molecule has 1 heterocycles. The highest BCUT2D eigenvalue weighted by molar-refractivity contribution is 6.30. The molecule has 1 fully saturated rings. The molecule has 10 heteroatoms. The Balaban J connectivity index is 1.84. The maximum absolute atomic E-state index is 13.6. The fourth-order valence-corrected chi connectivity index (χ4v) is 2.95. The molecule has 1 saturated heterocycles. The number of methoxy groups -OCH3 is 2. The van der Waals surface area contributed by atoms with Gasteiger partial charge in [0.05, 0.1) is 24.9 Å². The van der Waals surface area contributed by atoms with Crippen molar-refractivity contribution in [2.24, 2.45) is 5.92 Å². The predicted octanol–water partition coefficient (Wildman–Crippen LogP) is 2.81. The number of urea groups is 1. The number of anilines is 2. The number of hydrogen-bond acceptors (Lipinski definition) is 5. The van der Waals surface area contributed by atoms with Crippen molar-refractivity contribution < 1.29 is 28.2 Å². The highest BCUT2D eigenvalue weighted by Crippen LogP contribution is 2.33. The molecule has 0 saturated carbocycles. The summed E-state index contributed by atoms with van der Waals surface area (Å²) in [5.41, 5.74) is 0.347. The van der Waals surface area contributed by atoms with Crippen molar-refractivity contribution in [1.82, 2.24) is 5.32 Å². The Morgan fingerprint density at radius 1 is 1.17 bits per heavy atom. The Kier molecular flexibility index (Phi) is 5.88. The molecule has 0 spiro atoms. The molecule has 1 unspecified atom stereocenters. The van der Waals surface area contributed by atoms with Gasteiger partial charge in [-0.15, -0.1) is 0 Å². The average Bonchev–Trinajstić information content (AvgIpc) is 2.70. The zero-order chi connectivity index (χ0) is 21.1. The highest BCUT2D eigenvalue weighted by Gasteiger charge is 2.39. The van der Waals surface area contributed by atoms with Crippen LogP contribution in [0.3, 0.4) is 0 Å². The smallest absolute Gasteiger partial charge is 0.328 e. The molecule has 4 amide bonds. The summed E-state index contributed by atoms with van der Waals surface area (Å²) in [5, 5.41) is 4.87. The van der Waals surface area contributed by atoms with E-state index in [1.807, 2.05) is 0 Å². The number of benzene rings is 2. The van der Waals surface area contributed by atoms with Gasteiger partial charge in [-0.1, -0.05) is 11.6 Å². The summed E-state index contributed by atoms with van der Waals surface area (Å²) >= 11 is 5.62. The minimum absolute atomic E-state index is 0.0939. The molecule has 2 aromatic rings. The van der Waals surface area contributed by atoms with E-state index in [1.54, 1.807) is 0 Å². The first kappa shape index (κ1) is 20.4. The van der Waals surface area contributed by atoms with Crippen molar-refractivity contribution in [3.05, 3.63) is 47.2 Å². The summed E-state index contributed by atoms with van der Waals surface area (Å²) in [5.74, 6) is -2.61. The van der Waals surface area contributed by atoms with Gasteiger partial charge in [0.25, 0.3) is 0 Å². The number of rotatable bonds is 5. The lowest BCUT2D eigenvalue weighted by Crippen LogP contribution is -2.58. The lowest BCUT2D eigenvalue weighted by Gasteiger charge is -2.31. The molecule has 0 bridgehead atoms. The Morgan fingerprint density at radius 3 is 2.55 bits per heavy atom. The van der Waals surface area contributed by atoms with Crippen molar-refractivity contribution in [1.29, 1.82) is 0 Å². The number of carbonyl (C=O) groups is 3. The van der Waals surface area contributed by atoms with Crippen LogP contribution in [0.5, 0.6) is 11.5 Å². The van der Waals surface area contributed by atoms with Crippen LogP contribution in [0.2, 0.25) is 5.02 Å². The average molecular weight is 422 g/mol. The zero-order valence-corrected chi connectivity index (χ0v) is 16.2. The first-order chi connectivity index (χ1) is 13.8. The number of nitrogens with one attached hydrogen (secondary N) is 2. The van der Waals surface area contributed by atoms with Crippen molar-refractivity contribution in [3.8, 4) is 11.5 Å². The molecule has 2 aromatic carbocycles. The van der Waals surface area contributed by atoms with Crippen LogP contribution in [0.15, 0.2) is 36.4 Å². The Labute approximate surface area is 170 Å². The molecule has 1 atom stereocenters. The van der Waals surface area contributed by atoms with Crippen LogP contribution in [-0.2, 0) is 9.59 Å². The van der Waals surface area contributed by atoms with Gasteiger partial charge in [-0.3, -0.25) is 9.59 Å². The quantitative estimate of drug-likeness (QED) is 0.723. The van der Waals surface area contributed by atoms with Crippen molar-refractivity contribution in [3.63, 3.8) is 0 Å². The Bertz CT molecular complexity index is 984. The second-order valence-electron chi connectivity index (χ2n) is 6.07. The second kappa shape index (κ2) is 8.36. The number of carbonyl (C=O) groups excluding carboxylic acids is 3. The monoisotopic (exact) mass is 421 g/mol. The van der Waals surface area contributed by atoms with Gasteiger partial charge >= 0.3 is 6.03 Å². The third-order valence-corrected chi connectivity index (χ3v) is 4.61. The number of halogens is 2. The van der Waals surface area contributed by atoms with Crippen LogP contribution < -0.4 is 25.0 Å². The fourth-order valence-electron chi connectivity index (χ4n) is 2.83. The fraction of sp³-hybridized carbons (Fsp3) is 0.211. The van der Waals surface area contributed by atoms with Gasteiger partial charge in [-0.05, 0) is 30.3 Å². The van der Waals surface area contributed by atoms with Crippen LogP contribution in [0.25, 0.3) is 0 Å². The maximum atomic E-state index is 13.6. The molecule has 1 aliphatic rings. The number of nitrogens with zero attached hydrogens (tertiary/aromatic N) is 1. The van der Waals surface area contributed by atoms with Crippen molar-refractivity contribution in [2.75, 3.05) is 31.0 Å². The van der Waals surface area contributed by atoms with Gasteiger partial charge in [0.2, 0.25) is 11.8 Å². The van der Waals surface area contributed by atoms with E-state index in [9.17, 15) is 18.8 Å². The molecule has 8 nitrogen and oxygen atoms in total. The van der Waals surface area contributed by atoms with Crippen LogP contribution in [0.1, 0.15) is 0 Å². The molecule has 2 N–H and O–H groups in total. The summed E-state index contributed by atoms with van der Waals surface area (Å²) < 4.78 is 23.9. The third kappa shape index (κ3) is 4.09. The van der Waals surface area contributed by atoms with E-state index in [0.29, 0.717) is 11.5 Å². The van der Waals surface area contributed by atoms with Gasteiger partial charge in [0.15, 0.2) is 11.5 Å². The van der Waals surface area contributed by atoms with E-state index in [-0.39, 0.29) is 22.9 Å². The maximum Gasteiger partial charge on any atom is 0.328 e. The van der Waals surface area contributed by atoms with Crippen molar-refractivity contribution >= 4 is 40.8 Å². The predicted molar refractivity (Wildman–Crippen MR) is 104 cm³/mol. The van der Waals surface area contributed by atoms with E-state index >= 15 is 0 Å². The molecule has 0 aromatic heterocycles. The normalized spacial score (nSPS) is 16.3. The zero-order valence-electron chi connectivity index (χ0n) is 15.5. The van der Waals surface area contributed by atoms with E-state index in [1.165, 1.54) is 44.6 Å². The van der Waals surface area contributed by atoms with E-state index < -0.39 is 29.6 Å². The van der Waals surface area contributed by atoms with Gasteiger partial charge in [-0.25, -0.2) is 14.1 Å². The number of hydrogen-bond donors (Lipinski definition) is 2. The SMILES string of the molecule is COc1ccc(N2C(=O)NCC(C(=O)Nc3ccc(Cl)c(F)c3)C2=O)cc1OC. The van der Waals surface area contributed by atoms with Crippen LogP contribution in [-0.4, -0.2) is 38.6 Å². The number of ether oxygens (including phenoxy) is 2. The second-order valence-corrected chi connectivity index (χ2v) is 6.48. The van der Waals surface area contributed by atoms with Gasteiger partial charge in [0.1, 0.15) is 11.7 Å². The number of imide groups is 1. The van der Waals surface area contributed by atoms with Gasteiger partial charge in [-0.2, -0.15) is 0 Å².